The molecule has 0 fully saturated rings. The van der Waals surface area contributed by atoms with E-state index in [0.717, 1.165) is 28.2 Å². The Kier molecular flexibility index (Phi) is 8.36. The van der Waals surface area contributed by atoms with Gasteiger partial charge in [-0.3, -0.25) is 4.79 Å². The number of aliphatic hydroxyl groups is 1. The second-order valence-corrected chi connectivity index (χ2v) is 8.74. The molecule has 0 spiro atoms. The minimum Gasteiger partial charge on any atom is -0.489 e. The van der Waals surface area contributed by atoms with Crippen LogP contribution in [0.3, 0.4) is 0 Å². The van der Waals surface area contributed by atoms with Crippen LogP contribution in [0.1, 0.15) is 46.6 Å². The number of rotatable bonds is 12. The van der Waals surface area contributed by atoms with Gasteiger partial charge < -0.3 is 24.9 Å². The number of aliphatic hydroxyl groups excluding tert-OH is 1. The molecule has 0 aliphatic carbocycles. The Morgan fingerprint density at radius 3 is 2.36 bits per heavy atom. The zero-order valence-corrected chi connectivity index (χ0v) is 20.3. The van der Waals surface area contributed by atoms with E-state index in [2.05, 4.69) is 11.1 Å². The summed E-state index contributed by atoms with van der Waals surface area (Å²) in [6.45, 7) is 2.64. The highest BCUT2D eigenvalue weighted by atomic mass is 16.5. The molecule has 3 aromatic carbocycles. The number of carbonyl (C=O) groups is 1. The first kappa shape index (κ1) is 25.0. The van der Waals surface area contributed by atoms with Crippen molar-refractivity contribution in [2.24, 2.45) is 5.73 Å². The summed E-state index contributed by atoms with van der Waals surface area (Å²) in [6, 6.07) is 25.6. The Morgan fingerprint density at radius 1 is 0.972 bits per heavy atom. The minimum atomic E-state index is -0.631. The lowest BCUT2D eigenvalue weighted by Gasteiger charge is -2.22. The van der Waals surface area contributed by atoms with Crippen molar-refractivity contribution >= 4 is 5.91 Å². The lowest BCUT2D eigenvalue weighted by molar-refractivity contribution is 0.0994. The van der Waals surface area contributed by atoms with Gasteiger partial charge in [0.15, 0.2) is 0 Å². The molecule has 0 bridgehead atoms. The van der Waals surface area contributed by atoms with Crippen molar-refractivity contribution in [3.8, 4) is 11.5 Å². The topological polar surface area (TPSA) is 99.6 Å². The van der Waals surface area contributed by atoms with E-state index in [1.165, 1.54) is 6.33 Å². The zero-order valence-electron chi connectivity index (χ0n) is 20.3. The average Bonchev–Trinajstić information content (AvgIpc) is 3.38. The van der Waals surface area contributed by atoms with Gasteiger partial charge in [-0.05, 0) is 60.7 Å². The predicted molar refractivity (Wildman–Crippen MR) is 138 cm³/mol. The van der Waals surface area contributed by atoms with Crippen LogP contribution in [0.25, 0.3) is 0 Å². The maximum Gasteiger partial charge on any atom is 0.268 e. The lowest BCUT2D eigenvalue weighted by atomic mass is 10.0. The number of hydrogen-bond donors (Lipinski definition) is 2. The molecule has 0 radical (unpaired) electrons. The molecule has 0 saturated carbocycles. The molecule has 0 aliphatic rings. The van der Waals surface area contributed by atoms with E-state index in [9.17, 15) is 9.90 Å². The van der Waals surface area contributed by atoms with Gasteiger partial charge in [-0.15, -0.1) is 0 Å². The number of benzene rings is 3. The molecule has 0 aliphatic heterocycles. The number of hydrogen-bond acceptors (Lipinski definition) is 5. The summed E-state index contributed by atoms with van der Waals surface area (Å²) < 4.78 is 13.8. The van der Waals surface area contributed by atoms with Crippen molar-refractivity contribution < 1.29 is 19.4 Å². The Morgan fingerprint density at radius 2 is 1.67 bits per heavy atom. The molecule has 1 amide bonds. The fraction of sp³-hybridized carbons (Fsp3) is 0.241. The van der Waals surface area contributed by atoms with E-state index in [1.54, 1.807) is 17.7 Å². The summed E-state index contributed by atoms with van der Waals surface area (Å²) in [5.41, 5.74) is 8.67. The normalized spacial score (nSPS) is 12.6. The van der Waals surface area contributed by atoms with Crippen LogP contribution >= 0.6 is 0 Å². The maximum absolute atomic E-state index is 11.4. The first-order valence-corrected chi connectivity index (χ1v) is 12.0. The number of amides is 1. The summed E-state index contributed by atoms with van der Waals surface area (Å²) in [4.78, 5) is 15.4. The van der Waals surface area contributed by atoms with E-state index < -0.39 is 12.0 Å². The van der Waals surface area contributed by atoms with E-state index in [4.69, 9.17) is 15.2 Å². The highest BCUT2D eigenvalue weighted by Crippen LogP contribution is 2.26. The standard InChI is InChI=1S/C29H31N3O4/c1-21(33)27(32-17-26(29(30)34)31-20-32)15-14-24-10-5-6-13-28(24)36-19-23-9-7-8-22(16-23)18-35-25-11-3-2-4-12-25/h2-13,16-17,20-21,27,33H,14-15,18-19H2,1H3,(H2,30,34). The number of ether oxygens (including phenoxy) is 2. The van der Waals surface area contributed by atoms with Crippen molar-refractivity contribution in [1.29, 1.82) is 0 Å². The quantitative estimate of drug-likeness (QED) is 0.303. The van der Waals surface area contributed by atoms with Crippen LogP contribution < -0.4 is 15.2 Å². The second kappa shape index (κ2) is 12.0. The number of aromatic nitrogens is 2. The van der Waals surface area contributed by atoms with Gasteiger partial charge >= 0.3 is 0 Å². The zero-order chi connectivity index (χ0) is 25.3. The largest absolute Gasteiger partial charge is 0.489 e. The van der Waals surface area contributed by atoms with Crippen LogP contribution in [0, 0.1) is 0 Å². The number of para-hydroxylation sites is 2. The average molecular weight is 486 g/mol. The molecule has 4 rings (SSSR count). The predicted octanol–water partition coefficient (Wildman–Crippen LogP) is 4.69. The monoisotopic (exact) mass is 485 g/mol. The molecule has 7 nitrogen and oxygen atoms in total. The molecule has 1 aromatic heterocycles. The Bertz CT molecular complexity index is 1270. The fourth-order valence-corrected chi connectivity index (χ4v) is 4.09. The molecule has 2 unspecified atom stereocenters. The van der Waals surface area contributed by atoms with Crippen molar-refractivity contribution in [3.05, 3.63) is 114 Å². The van der Waals surface area contributed by atoms with Crippen molar-refractivity contribution in [2.75, 3.05) is 0 Å². The lowest BCUT2D eigenvalue weighted by Crippen LogP contribution is -2.21. The van der Waals surface area contributed by atoms with Gasteiger partial charge in [0.2, 0.25) is 0 Å². The van der Waals surface area contributed by atoms with Crippen LogP contribution in [0.2, 0.25) is 0 Å². The van der Waals surface area contributed by atoms with Crippen LogP contribution in [0.4, 0.5) is 0 Å². The van der Waals surface area contributed by atoms with Gasteiger partial charge in [0.25, 0.3) is 5.91 Å². The minimum absolute atomic E-state index is 0.181. The molecule has 186 valence electrons. The van der Waals surface area contributed by atoms with Crippen molar-refractivity contribution in [2.45, 2.75) is 45.1 Å². The number of nitrogens with two attached hydrogens (primary N) is 1. The van der Waals surface area contributed by atoms with Gasteiger partial charge in [0.05, 0.1) is 18.5 Å². The second-order valence-electron chi connectivity index (χ2n) is 8.74. The molecule has 7 heteroatoms. The third-order valence-corrected chi connectivity index (χ3v) is 6.01. The molecule has 0 saturated heterocycles. The maximum atomic E-state index is 11.4. The van der Waals surface area contributed by atoms with Gasteiger partial charge in [0.1, 0.15) is 30.4 Å². The van der Waals surface area contributed by atoms with Crippen LogP contribution in [-0.2, 0) is 19.6 Å². The molecule has 36 heavy (non-hydrogen) atoms. The highest BCUT2D eigenvalue weighted by molar-refractivity contribution is 5.90. The molecule has 4 aromatic rings. The van der Waals surface area contributed by atoms with Gasteiger partial charge in [0, 0.05) is 6.20 Å². The molecular formula is C29H31N3O4. The first-order chi connectivity index (χ1) is 17.5. The van der Waals surface area contributed by atoms with Gasteiger partial charge in [-0.1, -0.05) is 54.6 Å². The van der Waals surface area contributed by atoms with Crippen molar-refractivity contribution in [1.82, 2.24) is 9.55 Å². The smallest absolute Gasteiger partial charge is 0.268 e. The number of aryl methyl sites for hydroxylation is 1. The van der Waals surface area contributed by atoms with Gasteiger partial charge in [-0.2, -0.15) is 0 Å². The van der Waals surface area contributed by atoms with Gasteiger partial charge in [-0.25, -0.2) is 4.98 Å². The number of imidazole rings is 1. The molecule has 1 heterocycles. The van der Waals surface area contributed by atoms with E-state index >= 15 is 0 Å². The molecular weight excluding hydrogens is 454 g/mol. The Labute approximate surface area is 211 Å². The third kappa shape index (κ3) is 6.73. The third-order valence-electron chi connectivity index (χ3n) is 6.01. The van der Waals surface area contributed by atoms with Crippen molar-refractivity contribution in [3.63, 3.8) is 0 Å². The summed E-state index contributed by atoms with van der Waals surface area (Å²) >= 11 is 0. The van der Waals surface area contributed by atoms with E-state index in [1.807, 2.05) is 72.8 Å². The first-order valence-electron chi connectivity index (χ1n) is 12.0. The highest BCUT2D eigenvalue weighted by Gasteiger charge is 2.19. The molecule has 3 N–H and O–H groups in total. The number of carbonyl (C=O) groups excluding carboxylic acids is 1. The number of primary amides is 1. The summed E-state index contributed by atoms with van der Waals surface area (Å²) in [5, 5.41) is 10.3. The van der Waals surface area contributed by atoms with Crippen LogP contribution in [0.5, 0.6) is 11.5 Å². The Hall–Kier alpha value is -4.10. The number of nitrogens with zero attached hydrogens (tertiary/aromatic N) is 2. The Balaban J connectivity index is 1.37. The summed E-state index contributed by atoms with van der Waals surface area (Å²) in [6.07, 6.45) is 3.80. The summed E-state index contributed by atoms with van der Waals surface area (Å²) in [7, 11) is 0. The van der Waals surface area contributed by atoms with Crippen LogP contribution in [0.15, 0.2) is 91.4 Å². The van der Waals surface area contributed by atoms with Crippen LogP contribution in [-0.4, -0.2) is 26.7 Å². The molecule has 2 atom stereocenters. The van der Waals surface area contributed by atoms with E-state index in [-0.39, 0.29) is 11.7 Å². The van der Waals surface area contributed by atoms with E-state index in [0.29, 0.717) is 26.1 Å². The summed E-state index contributed by atoms with van der Waals surface area (Å²) in [5.74, 6) is 1.05. The SMILES string of the molecule is CC(O)C(CCc1ccccc1OCc1cccc(COc2ccccc2)c1)n1cnc(C(N)=O)c1. The fourth-order valence-electron chi connectivity index (χ4n) is 4.09.